The number of amides is 2. The van der Waals surface area contributed by atoms with Crippen LogP contribution in [0.5, 0.6) is 0 Å². The summed E-state index contributed by atoms with van der Waals surface area (Å²) >= 11 is 0. The number of hydrogen-bond donors (Lipinski definition) is 5. The molecule has 7 N–H and O–H groups in total. The van der Waals surface area contributed by atoms with Crippen LogP contribution in [0.1, 0.15) is 122 Å². The van der Waals surface area contributed by atoms with Crippen molar-refractivity contribution in [1.82, 2.24) is 20.6 Å². The van der Waals surface area contributed by atoms with E-state index in [0.29, 0.717) is 31.7 Å². The third-order valence-corrected chi connectivity index (χ3v) is 7.10. The Kier molecular flexibility index (Phi) is 25.7. The smallest absolute Gasteiger partial charge is 0.328 e. The summed E-state index contributed by atoms with van der Waals surface area (Å²) in [5.74, 6) is -1.39. The molecular weight excluding hydrogens is 572 g/mol. The van der Waals surface area contributed by atoms with Crippen molar-refractivity contribution in [3.05, 3.63) is 18.2 Å². The predicted octanol–water partition coefficient (Wildman–Crippen LogP) is 4.03. The molecule has 1 aromatic rings. The van der Waals surface area contributed by atoms with E-state index in [1.54, 1.807) is 6.20 Å². The fourth-order valence-corrected chi connectivity index (χ4v) is 4.66. The maximum atomic E-state index is 13.0. The van der Waals surface area contributed by atoms with Gasteiger partial charge < -0.3 is 31.8 Å². The number of carbonyl (C=O) groups is 3. The zero-order valence-electron chi connectivity index (χ0n) is 25.2. The van der Waals surface area contributed by atoms with Crippen LogP contribution in [-0.2, 0) is 42.6 Å². The van der Waals surface area contributed by atoms with Gasteiger partial charge in [0.15, 0.2) is 0 Å². The Labute approximate surface area is 258 Å². The van der Waals surface area contributed by atoms with Crippen molar-refractivity contribution in [3.8, 4) is 0 Å². The Balaban J connectivity index is 0.0000160. The quantitative estimate of drug-likeness (QED) is 0.0587. The summed E-state index contributed by atoms with van der Waals surface area (Å²) in [7, 11) is 0. The number of unbranched alkanes of at least 4 members (excludes halogenated alkanes) is 14. The first kappa shape index (κ1) is 39.1. The topological polar surface area (TPSA) is 165 Å². The number of aromatic amines is 1. The van der Waals surface area contributed by atoms with E-state index >= 15 is 0 Å². The standard InChI is InChI=1S/C30H56N6O4.Cu/c1-2-3-4-5-6-7-8-9-10-11-12-13-14-17-20-40-30(39)26(18-15-16-19-31)36-29(38)27(35-28(37)22-32)21-25-23-33-24-34-25;/h23-24,26-27H,2-22,31-32H2,1H3,(H,33,34)(H,35,37)(H,36,38);/t26-,27-;/m0./s1. The third-order valence-electron chi connectivity index (χ3n) is 7.10. The largest absolute Gasteiger partial charge is 0.464 e. The molecule has 1 radical (unpaired) electrons. The predicted molar refractivity (Wildman–Crippen MR) is 159 cm³/mol. The SMILES string of the molecule is CCCCCCCCCCCCCCCCOC(=O)[C@H](CCCCN)NC(=O)[C@H](Cc1c[nH]cn1)NC(=O)CN.[Cu]. The van der Waals surface area contributed by atoms with E-state index in [9.17, 15) is 14.4 Å². The Morgan fingerprint density at radius 2 is 1.41 bits per heavy atom. The van der Waals surface area contributed by atoms with Gasteiger partial charge in [-0.25, -0.2) is 9.78 Å². The molecule has 0 aliphatic carbocycles. The van der Waals surface area contributed by atoms with Crippen LogP contribution in [0.15, 0.2) is 12.5 Å². The van der Waals surface area contributed by atoms with Crippen molar-refractivity contribution in [2.24, 2.45) is 11.5 Å². The van der Waals surface area contributed by atoms with Crippen molar-refractivity contribution in [3.63, 3.8) is 0 Å². The van der Waals surface area contributed by atoms with E-state index in [1.165, 1.54) is 77.0 Å². The van der Waals surface area contributed by atoms with E-state index in [1.807, 2.05) is 0 Å². The zero-order valence-corrected chi connectivity index (χ0v) is 26.1. The number of nitrogens with two attached hydrogens (primary N) is 2. The van der Waals surface area contributed by atoms with Crippen LogP contribution < -0.4 is 22.1 Å². The van der Waals surface area contributed by atoms with Crippen molar-refractivity contribution in [2.75, 3.05) is 19.7 Å². The van der Waals surface area contributed by atoms with Gasteiger partial charge >= 0.3 is 5.97 Å². The number of H-pyrrole nitrogens is 1. The molecule has 0 aliphatic rings. The Morgan fingerprint density at radius 3 is 1.93 bits per heavy atom. The minimum Gasteiger partial charge on any atom is -0.464 e. The van der Waals surface area contributed by atoms with Crippen molar-refractivity contribution >= 4 is 17.8 Å². The molecular formula is C30H56CuN6O4. The molecule has 0 aliphatic heterocycles. The number of ether oxygens (including phenoxy) is 1. The molecule has 0 aromatic carbocycles. The zero-order chi connectivity index (χ0) is 29.3. The van der Waals surface area contributed by atoms with Crippen LogP contribution in [-0.4, -0.2) is 59.5 Å². The average molecular weight is 628 g/mol. The molecule has 10 nitrogen and oxygen atoms in total. The van der Waals surface area contributed by atoms with E-state index in [4.69, 9.17) is 16.2 Å². The molecule has 1 aromatic heterocycles. The van der Waals surface area contributed by atoms with E-state index in [0.717, 1.165) is 25.7 Å². The van der Waals surface area contributed by atoms with E-state index in [2.05, 4.69) is 27.5 Å². The van der Waals surface area contributed by atoms with Gasteiger partial charge in [-0.05, 0) is 32.2 Å². The minimum atomic E-state index is -0.907. The van der Waals surface area contributed by atoms with Gasteiger partial charge in [0.05, 0.1) is 25.2 Å². The molecule has 0 saturated carbocycles. The number of carbonyl (C=O) groups excluding carboxylic acids is 3. The summed E-state index contributed by atoms with van der Waals surface area (Å²) in [6.07, 6.45) is 22.8. The van der Waals surface area contributed by atoms with Crippen molar-refractivity contribution in [2.45, 2.75) is 135 Å². The van der Waals surface area contributed by atoms with Crippen LogP contribution in [0, 0.1) is 0 Å². The number of rotatable bonds is 26. The van der Waals surface area contributed by atoms with Gasteiger partial charge in [0.1, 0.15) is 12.1 Å². The summed E-state index contributed by atoms with van der Waals surface area (Å²) in [6, 6.07) is -1.71. The van der Waals surface area contributed by atoms with Crippen LogP contribution >= 0.6 is 0 Å². The molecule has 2 amide bonds. The van der Waals surface area contributed by atoms with E-state index < -0.39 is 29.9 Å². The summed E-state index contributed by atoms with van der Waals surface area (Å²) in [6.45, 7) is 2.85. The first-order valence-corrected chi connectivity index (χ1v) is 15.7. The second-order valence-electron chi connectivity index (χ2n) is 10.7. The fraction of sp³-hybridized carbons (Fsp3) is 0.800. The first-order chi connectivity index (χ1) is 19.5. The molecule has 1 rings (SSSR count). The summed E-state index contributed by atoms with van der Waals surface area (Å²) < 4.78 is 5.52. The molecule has 1 heterocycles. The number of nitrogens with zero attached hydrogens (tertiary/aromatic N) is 1. The van der Waals surface area contributed by atoms with Gasteiger partial charge in [-0.3, -0.25) is 9.59 Å². The molecule has 2 atom stereocenters. The molecule has 0 bridgehead atoms. The van der Waals surface area contributed by atoms with Crippen LogP contribution in [0.4, 0.5) is 0 Å². The van der Waals surface area contributed by atoms with E-state index in [-0.39, 0.29) is 30.0 Å². The molecule has 0 saturated heterocycles. The number of nitrogens with one attached hydrogen (secondary N) is 3. The van der Waals surface area contributed by atoms with Gasteiger partial charge in [0.25, 0.3) is 0 Å². The second kappa shape index (κ2) is 26.9. The molecule has 0 spiro atoms. The monoisotopic (exact) mass is 627 g/mol. The fourth-order valence-electron chi connectivity index (χ4n) is 4.66. The van der Waals surface area contributed by atoms with Crippen LogP contribution in [0.25, 0.3) is 0 Å². The summed E-state index contributed by atoms with van der Waals surface area (Å²) in [5, 5.41) is 5.39. The number of hydrogen-bond acceptors (Lipinski definition) is 7. The Bertz CT molecular complexity index is 781. The second-order valence-corrected chi connectivity index (χ2v) is 10.7. The van der Waals surface area contributed by atoms with Crippen molar-refractivity contribution < 1.29 is 36.2 Å². The maximum absolute atomic E-state index is 13.0. The van der Waals surface area contributed by atoms with Crippen LogP contribution in [0.2, 0.25) is 0 Å². The third kappa shape index (κ3) is 20.6. The van der Waals surface area contributed by atoms with Gasteiger partial charge in [0.2, 0.25) is 11.8 Å². The molecule has 241 valence electrons. The average Bonchev–Trinajstić information content (AvgIpc) is 3.47. The minimum absolute atomic E-state index is 0. The van der Waals surface area contributed by atoms with Gasteiger partial charge in [-0.2, -0.15) is 0 Å². The van der Waals surface area contributed by atoms with Gasteiger partial charge in [-0.15, -0.1) is 0 Å². The molecule has 41 heavy (non-hydrogen) atoms. The van der Waals surface area contributed by atoms with Crippen molar-refractivity contribution in [1.29, 1.82) is 0 Å². The van der Waals surface area contributed by atoms with Gasteiger partial charge in [0, 0.05) is 29.7 Å². The Hall–Kier alpha value is -1.94. The maximum Gasteiger partial charge on any atom is 0.328 e. The van der Waals surface area contributed by atoms with Crippen LogP contribution in [0.3, 0.4) is 0 Å². The molecule has 0 unspecified atom stereocenters. The normalized spacial score (nSPS) is 12.3. The Morgan fingerprint density at radius 1 is 0.829 bits per heavy atom. The number of esters is 1. The number of imidazole rings is 1. The summed E-state index contributed by atoms with van der Waals surface area (Å²) in [5.41, 5.74) is 11.6. The number of aromatic nitrogens is 2. The summed E-state index contributed by atoms with van der Waals surface area (Å²) in [4.78, 5) is 44.7. The first-order valence-electron chi connectivity index (χ1n) is 15.7. The molecule has 0 fully saturated rings. The van der Waals surface area contributed by atoms with Gasteiger partial charge in [-0.1, -0.05) is 90.4 Å². The molecule has 11 heteroatoms.